The molecule has 1 nitrogen and oxygen atoms in total. The van der Waals surface area contributed by atoms with Crippen molar-refractivity contribution in [3.05, 3.63) is 34.3 Å². The van der Waals surface area contributed by atoms with Crippen LogP contribution in [-0.2, 0) is 5.41 Å². The Morgan fingerprint density at radius 3 is 2.42 bits per heavy atom. The molecular formula is C10H10BrN. The van der Waals surface area contributed by atoms with Crippen LogP contribution in [0.2, 0.25) is 0 Å². The van der Waals surface area contributed by atoms with Gasteiger partial charge in [-0.2, -0.15) is 5.26 Å². The first kappa shape index (κ1) is 9.28. The van der Waals surface area contributed by atoms with E-state index >= 15 is 0 Å². The van der Waals surface area contributed by atoms with E-state index in [1.807, 2.05) is 38.1 Å². The maximum absolute atomic E-state index is 8.90. The van der Waals surface area contributed by atoms with Crippen LogP contribution in [0.25, 0.3) is 0 Å². The molecule has 0 aliphatic carbocycles. The van der Waals surface area contributed by atoms with E-state index < -0.39 is 5.41 Å². The maximum atomic E-state index is 8.90. The minimum atomic E-state index is -0.417. The fourth-order valence-corrected chi connectivity index (χ4v) is 1.81. The molecule has 0 atom stereocenters. The largest absolute Gasteiger partial charge is 0.197 e. The number of rotatable bonds is 1. The number of hydrogen-bond acceptors (Lipinski definition) is 1. The number of benzene rings is 1. The predicted molar refractivity (Wildman–Crippen MR) is 52.8 cm³/mol. The maximum Gasteiger partial charge on any atom is 0.0777 e. The second-order valence-electron chi connectivity index (χ2n) is 3.22. The number of hydrogen-bond donors (Lipinski definition) is 0. The fourth-order valence-electron chi connectivity index (χ4n) is 1.03. The Hall–Kier alpha value is -0.810. The van der Waals surface area contributed by atoms with Crippen molar-refractivity contribution in [2.75, 3.05) is 0 Å². The molecule has 0 amide bonds. The molecule has 1 aromatic carbocycles. The van der Waals surface area contributed by atoms with E-state index in [-0.39, 0.29) is 0 Å². The molecule has 2 heteroatoms. The molecule has 0 bridgehead atoms. The molecular weight excluding hydrogens is 214 g/mol. The van der Waals surface area contributed by atoms with Gasteiger partial charge in [0, 0.05) is 4.47 Å². The highest BCUT2D eigenvalue weighted by atomic mass is 79.9. The molecule has 0 N–H and O–H groups in total. The first-order chi connectivity index (χ1) is 5.58. The van der Waals surface area contributed by atoms with Gasteiger partial charge in [-0.1, -0.05) is 34.1 Å². The second kappa shape index (κ2) is 3.28. The minimum Gasteiger partial charge on any atom is -0.197 e. The molecule has 0 saturated carbocycles. The van der Waals surface area contributed by atoms with Crippen LogP contribution in [0.1, 0.15) is 19.4 Å². The van der Waals surface area contributed by atoms with Gasteiger partial charge in [0.2, 0.25) is 0 Å². The quantitative estimate of drug-likeness (QED) is 0.718. The molecule has 12 heavy (non-hydrogen) atoms. The Morgan fingerprint density at radius 1 is 1.33 bits per heavy atom. The van der Waals surface area contributed by atoms with Crippen molar-refractivity contribution in [1.29, 1.82) is 5.26 Å². The number of nitriles is 1. The molecule has 1 aromatic rings. The van der Waals surface area contributed by atoms with Gasteiger partial charge in [-0.3, -0.25) is 0 Å². The molecule has 0 radical (unpaired) electrons. The standard InChI is InChI=1S/C10H10BrN/c1-10(2,7-12)8-5-3-4-6-9(8)11/h3-6H,1-2H3. The Kier molecular flexibility index (Phi) is 2.54. The van der Waals surface area contributed by atoms with Crippen molar-refractivity contribution in [2.45, 2.75) is 19.3 Å². The Bertz CT molecular complexity index is 323. The van der Waals surface area contributed by atoms with Gasteiger partial charge in [0.15, 0.2) is 0 Å². The number of nitrogens with zero attached hydrogens (tertiary/aromatic N) is 1. The van der Waals surface area contributed by atoms with Crippen LogP contribution >= 0.6 is 15.9 Å². The summed E-state index contributed by atoms with van der Waals surface area (Å²) < 4.78 is 0.997. The van der Waals surface area contributed by atoms with Crippen molar-refractivity contribution in [2.24, 2.45) is 0 Å². The third-order valence-electron chi connectivity index (χ3n) is 1.83. The molecule has 0 fully saturated rings. The summed E-state index contributed by atoms with van der Waals surface area (Å²) in [5.41, 5.74) is 0.618. The third kappa shape index (κ3) is 1.67. The fraction of sp³-hybridized carbons (Fsp3) is 0.300. The normalized spacial score (nSPS) is 10.8. The molecule has 0 aliphatic rings. The van der Waals surface area contributed by atoms with Crippen LogP contribution in [0.3, 0.4) is 0 Å². The zero-order chi connectivity index (χ0) is 9.19. The van der Waals surface area contributed by atoms with Gasteiger partial charge in [0.1, 0.15) is 0 Å². The lowest BCUT2D eigenvalue weighted by molar-refractivity contribution is 0.683. The van der Waals surface area contributed by atoms with E-state index in [1.54, 1.807) is 0 Å². The Labute approximate surface area is 81.2 Å². The topological polar surface area (TPSA) is 23.8 Å². The summed E-state index contributed by atoms with van der Waals surface area (Å²) in [5.74, 6) is 0. The highest BCUT2D eigenvalue weighted by Gasteiger charge is 2.21. The van der Waals surface area contributed by atoms with Crippen LogP contribution in [0.15, 0.2) is 28.7 Å². The monoisotopic (exact) mass is 223 g/mol. The van der Waals surface area contributed by atoms with Crippen LogP contribution in [0, 0.1) is 11.3 Å². The highest BCUT2D eigenvalue weighted by Crippen LogP contribution is 2.28. The van der Waals surface area contributed by atoms with Crippen molar-refractivity contribution < 1.29 is 0 Å². The smallest absolute Gasteiger partial charge is 0.0777 e. The highest BCUT2D eigenvalue weighted by molar-refractivity contribution is 9.10. The minimum absolute atomic E-state index is 0.417. The SMILES string of the molecule is CC(C)(C#N)c1ccccc1Br. The molecule has 0 spiro atoms. The average Bonchev–Trinajstić information content (AvgIpc) is 2.05. The molecule has 0 aliphatic heterocycles. The first-order valence-corrected chi connectivity index (χ1v) is 4.53. The van der Waals surface area contributed by atoms with Crippen molar-refractivity contribution in [1.82, 2.24) is 0 Å². The average molecular weight is 224 g/mol. The molecule has 62 valence electrons. The van der Waals surface area contributed by atoms with Gasteiger partial charge in [-0.15, -0.1) is 0 Å². The van der Waals surface area contributed by atoms with E-state index in [2.05, 4.69) is 22.0 Å². The van der Waals surface area contributed by atoms with Crippen molar-refractivity contribution in [3.8, 4) is 6.07 Å². The van der Waals surface area contributed by atoms with Crippen LogP contribution in [-0.4, -0.2) is 0 Å². The third-order valence-corrected chi connectivity index (χ3v) is 2.52. The van der Waals surface area contributed by atoms with Gasteiger partial charge in [-0.25, -0.2) is 0 Å². The summed E-state index contributed by atoms with van der Waals surface area (Å²) in [6.07, 6.45) is 0. The summed E-state index contributed by atoms with van der Waals surface area (Å²) >= 11 is 3.42. The van der Waals surface area contributed by atoms with E-state index in [0.717, 1.165) is 10.0 Å². The van der Waals surface area contributed by atoms with Gasteiger partial charge in [-0.05, 0) is 25.5 Å². The number of halogens is 1. The van der Waals surface area contributed by atoms with E-state index in [9.17, 15) is 0 Å². The molecule has 0 aromatic heterocycles. The zero-order valence-corrected chi connectivity index (χ0v) is 8.72. The predicted octanol–water partition coefficient (Wildman–Crippen LogP) is 3.25. The zero-order valence-electron chi connectivity index (χ0n) is 7.13. The van der Waals surface area contributed by atoms with Gasteiger partial charge in [0.25, 0.3) is 0 Å². The Balaban J connectivity index is 3.22. The van der Waals surface area contributed by atoms with Crippen molar-refractivity contribution >= 4 is 15.9 Å². The van der Waals surface area contributed by atoms with E-state index in [1.165, 1.54) is 0 Å². The van der Waals surface area contributed by atoms with Crippen molar-refractivity contribution in [3.63, 3.8) is 0 Å². The molecule has 0 unspecified atom stereocenters. The van der Waals surface area contributed by atoms with Gasteiger partial charge in [0.05, 0.1) is 11.5 Å². The Morgan fingerprint density at radius 2 is 1.92 bits per heavy atom. The van der Waals surface area contributed by atoms with E-state index in [0.29, 0.717) is 0 Å². The summed E-state index contributed by atoms with van der Waals surface area (Å²) in [5, 5.41) is 8.90. The summed E-state index contributed by atoms with van der Waals surface area (Å²) in [7, 11) is 0. The lowest BCUT2D eigenvalue weighted by Crippen LogP contribution is -2.14. The second-order valence-corrected chi connectivity index (χ2v) is 4.07. The molecule has 0 saturated heterocycles. The summed E-state index contributed by atoms with van der Waals surface area (Å²) in [6, 6.07) is 10.1. The first-order valence-electron chi connectivity index (χ1n) is 3.74. The van der Waals surface area contributed by atoms with Crippen LogP contribution in [0.5, 0.6) is 0 Å². The lowest BCUT2D eigenvalue weighted by atomic mass is 9.86. The molecule has 0 heterocycles. The van der Waals surface area contributed by atoms with Gasteiger partial charge < -0.3 is 0 Å². The summed E-state index contributed by atoms with van der Waals surface area (Å²) in [6.45, 7) is 3.82. The molecule has 1 rings (SSSR count). The van der Waals surface area contributed by atoms with Gasteiger partial charge >= 0.3 is 0 Å². The van der Waals surface area contributed by atoms with E-state index in [4.69, 9.17) is 5.26 Å². The van der Waals surface area contributed by atoms with Crippen LogP contribution < -0.4 is 0 Å². The summed E-state index contributed by atoms with van der Waals surface area (Å²) in [4.78, 5) is 0. The van der Waals surface area contributed by atoms with Crippen LogP contribution in [0.4, 0.5) is 0 Å². The lowest BCUT2D eigenvalue weighted by Gasteiger charge is -2.16.